The molecule has 1 aromatic heterocycles. The van der Waals surface area contributed by atoms with Crippen LogP contribution in [-0.4, -0.2) is 10.4 Å². The fraction of sp³-hybridized carbons (Fsp3) is 0.400. The van der Waals surface area contributed by atoms with Crippen LogP contribution in [0.4, 0.5) is 0 Å². The Balaban J connectivity index is 3.28. The quantitative estimate of drug-likeness (QED) is 0.557. The van der Waals surface area contributed by atoms with E-state index in [0.717, 1.165) is 6.42 Å². The molecular weight excluding hydrogens is 178 g/mol. The van der Waals surface area contributed by atoms with E-state index in [0.29, 0.717) is 0 Å². The molecule has 0 saturated carbocycles. The molecule has 0 aliphatic heterocycles. The Kier molecular flexibility index (Phi) is 3.06. The first-order chi connectivity index (χ1) is 6.57. The van der Waals surface area contributed by atoms with E-state index < -0.39 is 0 Å². The normalized spacial score (nSPS) is 12.4. The largest absolute Gasteiger partial charge is 0.384 e. The van der Waals surface area contributed by atoms with Crippen LogP contribution < -0.4 is 11.3 Å². The van der Waals surface area contributed by atoms with Crippen LogP contribution in [0.15, 0.2) is 23.1 Å². The summed E-state index contributed by atoms with van der Waals surface area (Å²) in [6.07, 6.45) is 2.60. The van der Waals surface area contributed by atoms with Crippen molar-refractivity contribution in [3.63, 3.8) is 0 Å². The van der Waals surface area contributed by atoms with Gasteiger partial charge in [0.2, 0.25) is 0 Å². The van der Waals surface area contributed by atoms with Crippen LogP contribution in [-0.2, 0) is 0 Å². The molecule has 1 aromatic rings. The average Bonchev–Trinajstić information content (AvgIpc) is 2.16. The highest BCUT2D eigenvalue weighted by atomic mass is 16.1. The van der Waals surface area contributed by atoms with E-state index in [4.69, 9.17) is 11.1 Å². The van der Waals surface area contributed by atoms with Gasteiger partial charge in [0.15, 0.2) is 0 Å². The lowest BCUT2D eigenvalue weighted by Gasteiger charge is -2.13. The molecule has 0 aromatic carbocycles. The Hall–Kier alpha value is -1.58. The lowest BCUT2D eigenvalue weighted by molar-refractivity contribution is 0.513. The van der Waals surface area contributed by atoms with Gasteiger partial charge in [0.25, 0.3) is 5.56 Å². The van der Waals surface area contributed by atoms with Crippen LogP contribution in [0.2, 0.25) is 0 Å². The summed E-state index contributed by atoms with van der Waals surface area (Å²) in [6, 6.07) is 3.45. The Labute approximate surface area is 82.9 Å². The molecular formula is C10H15N3O. The van der Waals surface area contributed by atoms with E-state index in [-0.39, 0.29) is 23.0 Å². The molecule has 0 fully saturated rings. The number of aromatic nitrogens is 1. The Morgan fingerprint density at radius 3 is 2.86 bits per heavy atom. The topological polar surface area (TPSA) is 71.9 Å². The Morgan fingerprint density at radius 1 is 1.71 bits per heavy atom. The SMILES string of the molecule is CCC(C)n1cccc(C(=N)N)c1=O. The van der Waals surface area contributed by atoms with Gasteiger partial charge in [-0.05, 0) is 25.5 Å². The van der Waals surface area contributed by atoms with Gasteiger partial charge in [-0.15, -0.1) is 0 Å². The number of rotatable bonds is 3. The van der Waals surface area contributed by atoms with E-state index in [1.54, 1.807) is 22.9 Å². The van der Waals surface area contributed by atoms with Crippen molar-refractivity contribution in [1.82, 2.24) is 4.57 Å². The number of nitrogens with two attached hydrogens (primary N) is 1. The highest BCUT2D eigenvalue weighted by Gasteiger charge is 2.08. The maximum absolute atomic E-state index is 11.8. The summed E-state index contributed by atoms with van der Waals surface area (Å²) in [5.41, 5.74) is 5.38. The molecule has 0 aliphatic carbocycles. The van der Waals surface area contributed by atoms with Gasteiger partial charge < -0.3 is 10.3 Å². The van der Waals surface area contributed by atoms with Gasteiger partial charge in [0, 0.05) is 12.2 Å². The van der Waals surface area contributed by atoms with E-state index in [1.807, 2.05) is 13.8 Å². The molecule has 3 N–H and O–H groups in total. The smallest absolute Gasteiger partial charge is 0.261 e. The molecule has 0 radical (unpaired) electrons. The van der Waals surface area contributed by atoms with E-state index >= 15 is 0 Å². The molecule has 1 heterocycles. The number of nitrogens with zero attached hydrogens (tertiary/aromatic N) is 1. The zero-order valence-electron chi connectivity index (χ0n) is 8.45. The number of amidine groups is 1. The number of pyridine rings is 1. The lowest BCUT2D eigenvalue weighted by Crippen LogP contribution is -2.30. The third kappa shape index (κ3) is 1.84. The summed E-state index contributed by atoms with van der Waals surface area (Å²) in [5, 5.41) is 7.24. The zero-order chi connectivity index (χ0) is 10.7. The summed E-state index contributed by atoms with van der Waals surface area (Å²) in [6.45, 7) is 3.98. The molecule has 0 bridgehead atoms. The van der Waals surface area contributed by atoms with Crippen molar-refractivity contribution in [3.05, 3.63) is 34.2 Å². The minimum atomic E-state index is -0.186. The second kappa shape index (κ2) is 4.09. The molecule has 0 saturated heterocycles. The second-order valence-electron chi connectivity index (χ2n) is 3.31. The number of nitrogens with one attached hydrogen (secondary N) is 1. The molecule has 1 atom stereocenters. The summed E-state index contributed by atoms with van der Waals surface area (Å²) >= 11 is 0. The van der Waals surface area contributed by atoms with Gasteiger partial charge in [-0.3, -0.25) is 10.2 Å². The van der Waals surface area contributed by atoms with E-state index in [1.165, 1.54) is 0 Å². The zero-order valence-corrected chi connectivity index (χ0v) is 8.45. The van der Waals surface area contributed by atoms with Crippen LogP contribution in [0.25, 0.3) is 0 Å². The lowest BCUT2D eigenvalue weighted by atomic mass is 10.2. The van der Waals surface area contributed by atoms with Crippen molar-refractivity contribution in [2.75, 3.05) is 0 Å². The third-order valence-corrected chi connectivity index (χ3v) is 2.33. The third-order valence-electron chi connectivity index (χ3n) is 2.33. The van der Waals surface area contributed by atoms with Crippen molar-refractivity contribution in [2.45, 2.75) is 26.3 Å². The first-order valence-electron chi connectivity index (χ1n) is 4.63. The van der Waals surface area contributed by atoms with Gasteiger partial charge in [0.05, 0.1) is 5.56 Å². The van der Waals surface area contributed by atoms with Crippen LogP contribution in [0.5, 0.6) is 0 Å². The van der Waals surface area contributed by atoms with Crippen LogP contribution in [0, 0.1) is 5.41 Å². The molecule has 76 valence electrons. The first-order valence-corrected chi connectivity index (χ1v) is 4.63. The van der Waals surface area contributed by atoms with Crippen molar-refractivity contribution in [1.29, 1.82) is 5.41 Å². The van der Waals surface area contributed by atoms with Crippen LogP contribution in [0.3, 0.4) is 0 Å². The number of hydrogen-bond acceptors (Lipinski definition) is 2. The highest BCUT2D eigenvalue weighted by molar-refractivity contribution is 5.94. The predicted octanol–water partition coefficient (Wildman–Crippen LogP) is 1.10. The van der Waals surface area contributed by atoms with Gasteiger partial charge in [-0.2, -0.15) is 0 Å². The minimum Gasteiger partial charge on any atom is -0.384 e. The molecule has 0 spiro atoms. The number of nitrogen functional groups attached to an aromatic ring is 1. The molecule has 1 unspecified atom stereocenters. The van der Waals surface area contributed by atoms with Crippen molar-refractivity contribution in [2.24, 2.45) is 5.73 Å². The van der Waals surface area contributed by atoms with Gasteiger partial charge in [-0.1, -0.05) is 6.92 Å². The van der Waals surface area contributed by atoms with Crippen molar-refractivity contribution in [3.8, 4) is 0 Å². The molecule has 14 heavy (non-hydrogen) atoms. The first kappa shape index (κ1) is 10.5. The molecule has 1 rings (SSSR count). The summed E-state index contributed by atoms with van der Waals surface area (Å²) in [4.78, 5) is 11.8. The maximum Gasteiger partial charge on any atom is 0.261 e. The van der Waals surface area contributed by atoms with Crippen molar-refractivity contribution < 1.29 is 0 Å². The summed E-state index contributed by atoms with van der Waals surface area (Å²) < 4.78 is 1.61. The molecule has 0 aliphatic rings. The Morgan fingerprint density at radius 2 is 2.36 bits per heavy atom. The molecule has 4 nitrogen and oxygen atoms in total. The monoisotopic (exact) mass is 193 g/mol. The maximum atomic E-state index is 11.8. The van der Waals surface area contributed by atoms with Gasteiger partial charge >= 0.3 is 0 Å². The van der Waals surface area contributed by atoms with Crippen molar-refractivity contribution >= 4 is 5.84 Å². The highest BCUT2D eigenvalue weighted by Crippen LogP contribution is 2.06. The summed E-state index contributed by atoms with van der Waals surface area (Å²) in [5.74, 6) is -0.173. The second-order valence-corrected chi connectivity index (χ2v) is 3.31. The molecule has 4 heteroatoms. The predicted molar refractivity (Wildman–Crippen MR) is 56.7 cm³/mol. The van der Waals surface area contributed by atoms with Gasteiger partial charge in [0.1, 0.15) is 5.84 Å². The average molecular weight is 193 g/mol. The van der Waals surface area contributed by atoms with Crippen LogP contribution >= 0.6 is 0 Å². The Bertz CT molecular complexity index is 395. The van der Waals surface area contributed by atoms with Gasteiger partial charge in [-0.25, -0.2) is 0 Å². The van der Waals surface area contributed by atoms with E-state index in [2.05, 4.69) is 0 Å². The van der Waals surface area contributed by atoms with E-state index in [9.17, 15) is 4.79 Å². The van der Waals surface area contributed by atoms with Crippen LogP contribution in [0.1, 0.15) is 31.9 Å². The number of hydrogen-bond donors (Lipinski definition) is 2. The standard InChI is InChI=1S/C10H15N3O/c1-3-7(2)13-6-4-5-8(9(11)12)10(13)14/h4-7H,3H2,1-2H3,(H3,11,12). The summed E-state index contributed by atoms with van der Waals surface area (Å²) in [7, 11) is 0. The molecule has 0 amide bonds. The fourth-order valence-corrected chi connectivity index (χ4v) is 1.26. The fourth-order valence-electron chi connectivity index (χ4n) is 1.26. The minimum absolute atomic E-state index is 0.141.